The van der Waals surface area contributed by atoms with Crippen LogP contribution in [0.3, 0.4) is 0 Å². The van der Waals surface area contributed by atoms with E-state index in [4.69, 9.17) is 27.9 Å². The number of ether oxygens (including phenoxy) is 1. The molecule has 1 atom stereocenters. The highest BCUT2D eigenvalue weighted by Gasteiger charge is 2.39. The van der Waals surface area contributed by atoms with Crippen LogP contribution in [0, 0.1) is 5.92 Å². The van der Waals surface area contributed by atoms with Crippen molar-refractivity contribution >= 4 is 35.2 Å². The molecule has 0 aromatic heterocycles. The Morgan fingerprint density at radius 3 is 2.39 bits per heavy atom. The number of piperidine rings is 1. The molecule has 5 nitrogen and oxygen atoms in total. The molecule has 154 valence electrons. The smallest absolute Gasteiger partial charge is 0.410 e. The van der Waals surface area contributed by atoms with Crippen molar-refractivity contribution in [3.63, 3.8) is 0 Å². The molecule has 0 bridgehead atoms. The third-order valence-electron chi connectivity index (χ3n) is 5.08. The Kier molecular flexibility index (Phi) is 6.45. The zero-order chi connectivity index (χ0) is 20.5. The summed E-state index contributed by atoms with van der Waals surface area (Å²) in [5.41, 5.74) is 0.236. The maximum atomic E-state index is 13.3. The SMILES string of the molecule is CC(C)(C)OC(=O)N1CCC[C@@H](C(=O)N(Cc2c(Cl)cccc2Cl)C2CC2)C1. The summed E-state index contributed by atoms with van der Waals surface area (Å²) < 4.78 is 5.48. The molecule has 1 saturated carbocycles. The minimum atomic E-state index is -0.547. The Morgan fingerprint density at radius 2 is 1.82 bits per heavy atom. The van der Waals surface area contributed by atoms with Crippen LogP contribution in [-0.2, 0) is 16.1 Å². The summed E-state index contributed by atoms with van der Waals surface area (Å²) >= 11 is 12.6. The number of carbonyl (C=O) groups is 2. The summed E-state index contributed by atoms with van der Waals surface area (Å²) in [6, 6.07) is 5.63. The fourth-order valence-electron chi connectivity index (χ4n) is 3.53. The maximum absolute atomic E-state index is 13.3. The largest absolute Gasteiger partial charge is 0.444 e. The molecule has 0 radical (unpaired) electrons. The molecule has 1 aliphatic carbocycles. The second-order valence-corrected chi connectivity index (χ2v) is 9.48. The normalized spacial score (nSPS) is 20.0. The summed E-state index contributed by atoms with van der Waals surface area (Å²) in [4.78, 5) is 29.3. The van der Waals surface area contributed by atoms with E-state index >= 15 is 0 Å². The van der Waals surface area contributed by atoms with E-state index in [2.05, 4.69) is 0 Å². The molecule has 1 aliphatic heterocycles. The summed E-state index contributed by atoms with van der Waals surface area (Å²) in [5, 5.41) is 1.15. The van der Waals surface area contributed by atoms with Crippen LogP contribution in [0.1, 0.15) is 52.0 Å². The number of hydrogen-bond donors (Lipinski definition) is 0. The van der Waals surface area contributed by atoms with Crippen LogP contribution in [-0.4, -0.2) is 46.5 Å². The van der Waals surface area contributed by atoms with Crippen LogP contribution >= 0.6 is 23.2 Å². The van der Waals surface area contributed by atoms with Gasteiger partial charge < -0.3 is 14.5 Å². The van der Waals surface area contributed by atoms with E-state index in [0.29, 0.717) is 29.7 Å². The van der Waals surface area contributed by atoms with Crippen LogP contribution in [0.25, 0.3) is 0 Å². The molecule has 0 unspecified atom stereocenters. The van der Waals surface area contributed by atoms with Gasteiger partial charge in [-0.15, -0.1) is 0 Å². The van der Waals surface area contributed by atoms with Gasteiger partial charge in [-0.25, -0.2) is 4.79 Å². The van der Waals surface area contributed by atoms with Gasteiger partial charge in [-0.3, -0.25) is 4.79 Å². The van der Waals surface area contributed by atoms with Crippen molar-refractivity contribution in [1.29, 1.82) is 0 Å². The van der Waals surface area contributed by atoms with E-state index in [1.807, 2.05) is 25.7 Å². The molecule has 0 spiro atoms. The molecule has 1 saturated heterocycles. The lowest BCUT2D eigenvalue weighted by Crippen LogP contribution is -2.48. The lowest BCUT2D eigenvalue weighted by Gasteiger charge is -2.36. The number of halogens is 2. The number of hydrogen-bond acceptors (Lipinski definition) is 3. The zero-order valence-electron chi connectivity index (χ0n) is 16.7. The van der Waals surface area contributed by atoms with Crippen molar-refractivity contribution in [2.45, 2.75) is 64.6 Å². The monoisotopic (exact) mass is 426 g/mol. The first-order valence-corrected chi connectivity index (χ1v) is 10.6. The number of likely N-dealkylation sites (tertiary alicyclic amines) is 1. The Labute approximate surface area is 176 Å². The van der Waals surface area contributed by atoms with Gasteiger partial charge in [-0.1, -0.05) is 29.3 Å². The van der Waals surface area contributed by atoms with Gasteiger partial charge in [0.2, 0.25) is 5.91 Å². The van der Waals surface area contributed by atoms with Gasteiger partial charge in [0.05, 0.1) is 5.92 Å². The van der Waals surface area contributed by atoms with Crippen molar-refractivity contribution in [3.05, 3.63) is 33.8 Å². The van der Waals surface area contributed by atoms with E-state index < -0.39 is 5.60 Å². The van der Waals surface area contributed by atoms with Gasteiger partial charge in [-0.05, 0) is 58.6 Å². The third kappa shape index (κ3) is 5.32. The van der Waals surface area contributed by atoms with Gasteiger partial charge in [0, 0.05) is 41.3 Å². The van der Waals surface area contributed by atoms with Gasteiger partial charge in [0.1, 0.15) is 5.60 Å². The van der Waals surface area contributed by atoms with Gasteiger partial charge in [-0.2, -0.15) is 0 Å². The van der Waals surface area contributed by atoms with Gasteiger partial charge in [0.15, 0.2) is 0 Å². The zero-order valence-corrected chi connectivity index (χ0v) is 18.2. The van der Waals surface area contributed by atoms with Gasteiger partial charge in [0.25, 0.3) is 0 Å². The molecule has 1 aromatic rings. The molecular weight excluding hydrogens is 399 g/mol. The predicted octanol–water partition coefficient (Wildman–Crippen LogP) is 5.13. The Morgan fingerprint density at radius 1 is 1.18 bits per heavy atom. The summed E-state index contributed by atoms with van der Waals surface area (Å²) in [6.07, 6.45) is 3.21. The average molecular weight is 427 g/mol. The highest BCUT2D eigenvalue weighted by Crippen LogP contribution is 2.34. The first-order valence-electron chi connectivity index (χ1n) is 9.87. The molecule has 28 heavy (non-hydrogen) atoms. The first kappa shape index (κ1) is 21.3. The van der Waals surface area contributed by atoms with Crippen molar-refractivity contribution in [3.8, 4) is 0 Å². The van der Waals surface area contributed by atoms with Crippen molar-refractivity contribution < 1.29 is 14.3 Å². The number of amides is 2. The Bertz CT molecular complexity index is 723. The molecule has 3 rings (SSSR count). The van der Waals surface area contributed by atoms with Crippen LogP contribution < -0.4 is 0 Å². The Balaban J connectivity index is 1.70. The highest BCUT2D eigenvalue weighted by atomic mass is 35.5. The van der Waals surface area contributed by atoms with E-state index in [-0.39, 0.29) is 24.0 Å². The van der Waals surface area contributed by atoms with E-state index in [0.717, 1.165) is 31.2 Å². The molecule has 2 aliphatic rings. The number of carbonyl (C=O) groups excluding carboxylic acids is 2. The van der Waals surface area contributed by atoms with E-state index in [1.165, 1.54) is 0 Å². The number of nitrogens with zero attached hydrogens (tertiary/aromatic N) is 2. The second kappa shape index (κ2) is 8.50. The van der Waals surface area contributed by atoms with E-state index in [1.54, 1.807) is 23.1 Å². The van der Waals surface area contributed by atoms with Gasteiger partial charge >= 0.3 is 6.09 Å². The van der Waals surface area contributed by atoms with E-state index in [9.17, 15) is 9.59 Å². The molecule has 2 amide bonds. The molecule has 1 heterocycles. The molecule has 1 aromatic carbocycles. The molecule has 7 heteroatoms. The Hall–Kier alpha value is -1.46. The van der Waals surface area contributed by atoms with Crippen LogP contribution in [0.5, 0.6) is 0 Å². The fraction of sp³-hybridized carbons (Fsp3) is 0.619. The van der Waals surface area contributed by atoms with Crippen LogP contribution in [0.2, 0.25) is 10.0 Å². The van der Waals surface area contributed by atoms with Crippen LogP contribution in [0.4, 0.5) is 4.79 Å². The average Bonchev–Trinajstić information content (AvgIpc) is 3.45. The summed E-state index contributed by atoms with van der Waals surface area (Å²) in [6.45, 7) is 6.97. The highest BCUT2D eigenvalue weighted by molar-refractivity contribution is 6.36. The van der Waals surface area contributed by atoms with Crippen molar-refractivity contribution in [1.82, 2.24) is 9.80 Å². The lowest BCUT2D eigenvalue weighted by atomic mass is 9.96. The lowest BCUT2D eigenvalue weighted by molar-refractivity contribution is -0.138. The standard InChI is InChI=1S/C21H28Cl2N2O3/c1-21(2,3)28-20(27)24-11-5-6-14(12-24)19(26)25(15-9-10-15)13-16-17(22)7-4-8-18(16)23/h4,7-8,14-15H,5-6,9-13H2,1-3H3/t14-/m1/s1. The summed E-state index contributed by atoms with van der Waals surface area (Å²) in [7, 11) is 0. The molecule has 0 N–H and O–H groups in total. The minimum absolute atomic E-state index is 0.0757. The summed E-state index contributed by atoms with van der Waals surface area (Å²) in [5.74, 6) is -0.144. The van der Waals surface area contributed by atoms with Crippen LogP contribution in [0.15, 0.2) is 18.2 Å². The van der Waals surface area contributed by atoms with Crippen molar-refractivity contribution in [2.75, 3.05) is 13.1 Å². The second-order valence-electron chi connectivity index (χ2n) is 8.66. The molecular formula is C21H28Cl2N2O3. The third-order valence-corrected chi connectivity index (χ3v) is 5.79. The number of benzene rings is 1. The quantitative estimate of drug-likeness (QED) is 0.669. The fourth-order valence-corrected chi connectivity index (χ4v) is 4.05. The minimum Gasteiger partial charge on any atom is -0.444 e. The maximum Gasteiger partial charge on any atom is 0.410 e. The van der Waals surface area contributed by atoms with Crippen molar-refractivity contribution in [2.24, 2.45) is 5.92 Å². The number of rotatable bonds is 4. The topological polar surface area (TPSA) is 49.9 Å². The first-order chi connectivity index (χ1) is 13.2. The molecule has 2 fully saturated rings. The predicted molar refractivity (Wildman–Crippen MR) is 111 cm³/mol.